The van der Waals surface area contributed by atoms with Crippen molar-refractivity contribution in [2.45, 2.75) is 37.7 Å². The molecule has 0 saturated carbocycles. The first-order valence-corrected chi connectivity index (χ1v) is 8.42. The summed E-state index contributed by atoms with van der Waals surface area (Å²) in [5.74, 6) is 0.445. The van der Waals surface area contributed by atoms with Crippen molar-refractivity contribution in [1.29, 1.82) is 0 Å². The van der Waals surface area contributed by atoms with E-state index in [1.54, 1.807) is 11.9 Å². The van der Waals surface area contributed by atoms with Gasteiger partial charge in [-0.05, 0) is 20.3 Å². The third-order valence-corrected chi connectivity index (χ3v) is 4.35. The third-order valence-electron chi connectivity index (χ3n) is 3.08. The van der Waals surface area contributed by atoms with Gasteiger partial charge < -0.3 is 9.64 Å². The highest BCUT2D eigenvalue weighted by molar-refractivity contribution is 7.89. The second kappa shape index (κ2) is 7.67. The molecule has 1 aliphatic rings. The van der Waals surface area contributed by atoms with E-state index in [0.717, 1.165) is 0 Å². The smallest absolute Gasteiger partial charge is 0.220 e. The summed E-state index contributed by atoms with van der Waals surface area (Å²) in [4.78, 5) is 10.0. The van der Waals surface area contributed by atoms with Crippen molar-refractivity contribution in [3.8, 4) is 0 Å². The van der Waals surface area contributed by atoms with Gasteiger partial charge in [0.2, 0.25) is 16.0 Å². The highest BCUT2D eigenvalue weighted by Gasteiger charge is 2.35. The zero-order valence-corrected chi connectivity index (χ0v) is 13.6. The van der Waals surface area contributed by atoms with Crippen LogP contribution in [0.4, 0.5) is 0 Å². The van der Waals surface area contributed by atoms with Crippen molar-refractivity contribution < 1.29 is 13.2 Å². The summed E-state index contributed by atoms with van der Waals surface area (Å²) in [6.07, 6.45) is 3.22. The molecule has 1 aliphatic heterocycles. The molecule has 0 aromatic rings. The van der Waals surface area contributed by atoms with Gasteiger partial charge in [-0.2, -0.15) is 0 Å². The number of nitrogens with zero attached hydrogens (tertiary/aromatic N) is 3. The third kappa shape index (κ3) is 5.56. The van der Waals surface area contributed by atoms with Gasteiger partial charge in [0.25, 0.3) is 0 Å². The van der Waals surface area contributed by atoms with Crippen LogP contribution < -0.4 is 5.14 Å². The Kier molecular flexibility index (Phi) is 6.50. The fourth-order valence-corrected chi connectivity index (χ4v) is 3.16. The van der Waals surface area contributed by atoms with E-state index in [2.05, 4.69) is 16.6 Å². The second-order valence-electron chi connectivity index (χ2n) is 5.20. The van der Waals surface area contributed by atoms with Crippen molar-refractivity contribution in [1.82, 2.24) is 4.90 Å². The van der Waals surface area contributed by atoms with Crippen LogP contribution in [0.1, 0.15) is 20.3 Å². The lowest BCUT2D eigenvalue weighted by atomic mass is 10.1. The van der Waals surface area contributed by atoms with Crippen LogP contribution in [0.3, 0.4) is 0 Å². The Balaban J connectivity index is 2.97. The van der Waals surface area contributed by atoms with E-state index in [9.17, 15) is 8.42 Å². The normalized spacial score (nSPS) is 24.8. The summed E-state index contributed by atoms with van der Waals surface area (Å²) in [6, 6.07) is 0. The Morgan fingerprint density at radius 2 is 2.14 bits per heavy atom. The Hall–Kier alpha value is -1.25. The Morgan fingerprint density at radius 1 is 1.48 bits per heavy atom. The molecule has 0 spiro atoms. The SMILES string of the molecule is C=CC=NC(=NC)N1CC(S(N)(=O)=O)C[C@@H](OC(C)C)C1. The number of nitrogens with two attached hydrogens (primary N) is 1. The number of likely N-dealkylation sites (tertiary alicyclic amines) is 1. The molecular formula is C13H24N4O3S. The van der Waals surface area contributed by atoms with E-state index in [1.165, 1.54) is 12.3 Å². The van der Waals surface area contributed by atoms with E-state index in [1.807, 2.05) is 13.8 Å². The molecular weight excluding hydrogens is 292 g/mol. The van der Waals surface area contributed by atoms with E-state index in [0.29, 0.717) is 18.9 Å². The zero-order valence-electron chi connectivity index (χ0n) is 12.8. The molecule has 1 heterocycles. The van der Waals surface area contributed by atoms with Crippen LogP contribution in [0.15, 0.2) is 22.6 Å². The molecule has 21 heavy (non-hydrogen) atoms. The first kappa shape index (κ1) is 17.8. The average Bonchev–Trinajstić information content (AvgIpc) is 2.37. The standard InChI is InChI=1S/C13H24N4O3S/c1-5-6-16-13(15-4)17-8-11(20-10(2)3)7-12(9-17)21(14,18)19/h5-6,10-12H,1,7-9H2,2-4H3,(H2,14,18,19)/t11-,12?/m1/s1. The fourth-order valence-electron chi connectivity index (χ4n) is 2.29. The van der Waals surface area contributed by atoms with Gasteiger partial charge in [-0.1, -0.05) is 12.7 Å². The summed E-state index contributed by atoms with van der Waals surface area (Å²) in [7, 11) is -2.03. The van der Waals surface area contributed by atoms with Gasteiger partial charge in [0.05, 0.1) is 17.5 Å². The topological polar surface area (TPSA) is 97.4 Å². The maximum atomic E-state index is 11.7. The first-order valence-electron chi connectivity index (χ1n) is 6.81. The summed E-state index contributed by atoms with van der Waals surface area (Å²) in [5.41, 5.74) is 0. The minimum absolute atomic E-state index is 0.00905. The van der Waals surface area contributed by atoms with Crippen LogP contribution in [0.2, 0.25) is 0 Å². The number of hydrogen-bond acceptors (Lipinski definition) is 4. The minimum Gasteiger partial charge on any atom is -0.374 e. The number of rotatable bonds is 4. The number of hydrogen-bond donors (Lipinski definition) is 1. The van der Waals surface area contributed by atoms with Gasteiger partial charge in [-0.3, -0.25) is 4.99 Å². The van der Waals surface area contributed by atoms with Crippen LogP contribution >= 0.6 is 0 Å². The average molecular weight is 316 g/mol. The Morgan fingerprint density at radius 3 is 2.62 bits per heavy atom. The van der Waals surface area contributed by atoms with Crippen molar-refractivity contribution in [3.05, 3.63) is 12.7 Å². The van der Waals surface area contributed by atoms with Crippen molar-refractivity contribution in [2.75, 3.05) is 20.1 Å². The van der Waals surface area contributed by atoms with Crippen molar-refractivity contribution >= 4 is 22.2 Å². The molecule has 120 valence electrons. The monoisotopic (exact) mass is 316 g/mol. The molecule has 1 unspecified atom stereocenters. The Bertz CT molecular complexity index is 514. The van der Waals surface area contributed by atoms with Crippen molar-refractivity contribution in [2.24, 2.45) is 15.1 Å². The predicted octanol–water partition coefficient (Wildman–Crippen LogP) is 0.385. The molecule has 1 fully saturated rings. The summed E-state index contributed by atoms with van der Waals surface area (Å²) in [5, 5.41) is 4.61. The van der Waals surface area contributed by atoms with Gasteiger partial charge in [0, 0.05) is 26.4 Å². The fraction of sp³-hybridized carbons (Fsp3) is 0.692. The predicted molar refractivity (Wildman–Crippen MR) is 85.1 cm³/mol. The number of primary sulfonamides is 1. The highest BCUT2D eigenvalue weighted by Crippen LogP contribution is 2.20. The van der Waals surface area contributed by atoms with Gasteiger partial charge in [0.15, 0.2) is 0 Å². The Labute approximate surface area is 126 Å². The number of guanidine groups is 1. The summed E-state index contributed by atoms with van der Waals surface area (Å²) < 4.78 is 29.1. The first-order chi connectivity index (χ1) is 9.77. The van der Waals surface area contributed by atoms with Gasteiger partial charge in [-0.25, -0.2) is 18.5 Å². The molecule has 0 aliphatic carbocycles. The van der Waals surface area contributed by atoms with Gasteiger partial charge in [0.1, 0.15) is 0 Å². The summed E-state index contributed by atoms with van der Waals surface area (Å²) >= 11 is 0. The maximum Gasteiger partial charge on any atom is 0.220 e. The number of sulfonamides is 1. The highest BCUT2D eigenvalue weighted by atomic mass is 32.2. The molecule has 8 heteroatoms. The van der Waals surface area contributed by atoms with Crippen LogP contribution in [-0.2, 0) is 14.8 Å². The molecule has 0 amide bonds. The molecule has 2 atom stereocenters. The van der Waals surface area contributed by atoms with Gasteiger partial charge >= 0.3 is 0 Å². The van der Waals surface area contributed by atoms with Gasteiger partial charge in [-0.15, -0.1) is 0 Å². The lowest BCUT2D eigenvalue weighted by Gasteiger charge is -2.37. The van der Waals surface area contributed by atoms with Crippen LogP contribution in [-0.4, -0.2) is 63.1 Å². The maximum absolute atomic E-state index is 11.7. The zero-order chi connectivity index (χ0) is 16.0. The quantitative estimate of drug-likeness (QED) is 0.599. The number of allylic oxidation sites excluding steroid dienone is 1. The molecule has 0 aromatic heterocycles. The van der Waals surface area contributed by atoms with E-state index in [-0.39, 0.29) is 18.8 Å². The lowest BCUT2D eigenvalue weighted by molar-refractivity contribution is -0.0198. The largest absolute Gasteiger partial charge is 0.374 e. The molecule has 0 radical (unpaired) electrons. The van der Waals surface area contributed by atoms with E-state index in [4.69, 9.17) is 9.88 Å². The summed E-state index contributed by atoms with van der Waals surface area (Å²) in [6.45, 7) is 8.18. The van der Waals surface area contributed by atoms with Crippen LogP contribution in [0.5, 0.6) is 0 Å². The molecule has 1 saturated heterocycles. The lowest BCUT2D eigenvalue weighted by Crippen LogP contribution is -2.53. The number of aliphatic imine (C=N–C) groups is 2. The number of ether oxygens (including phenoxy) is 1. The number of piperidine rings is 1. The molecule has 2 N–H and O–H groups in total. The van der Waals surface area contributed by atoms with Crippen LogP contribution in [0.25, 0.3) is 0 Å². The molecule has 1 rings (SSSR count). The second-order valence-corrected chi connectivity index (χ2v) is 7.04. The van der Waals surface area contributed by atoms with Crippen LogP contribution in [0, 0.1) is 0 Å². The van der Waals surface area contributed by atoms with Crippen molar-refractivity contribution in [3.63, 3.8) is 0 Å². The molecule has 0 bridgehead atoms. The van der Waals surface area contributed by atoms with E-state index >= 15 is 0 Å². The molecule has 0 aromatic carbocycles. The van der Waals surface area contributed by atoms with E-state index < -0.39 is 15.3 Å². The minimum atomic E-state index is -3.64. The molecule has 7 nitrogen and oxygen atoms in total.